The van der Waals surface area contributed by atoms with E-state index in [0.29, 0.717) is 30.9 Å². The highest BCUT2D eigenvalue weighted by atomic mass is 32.1. The maximum Gasteiger partial charge on any atom is 0.310 e. The first-order chi connectivity index (χ1) is 25.0. The summed E-state index contributed by atoms with van der Waals surface area (Å²) in [7, 11) is 5.45. The zero-order valence-corrected chi connectivity index (χ0v) is 32.6. The van der Waals surface area contributed by atoms with Crippen LogP contribution in [0.3, 0.4) is 0 Å². The molecule has 11 heteroatoms. The normalized spacial score (nSPS) is 13.5. The Morgan fingerprint density at radius 1 is 0.827 bits per heavy atom. The van der Waals surface area contributed by atoms with Gasteiger partial charge in [0.2, 0.25) is 11.8 Å². The summed E-state index contributed by atoms with van der Waals surface area (Å²) in [6.07, 6.45) is 7.75. The first-order valence-corrected chi connectivity index (χ1v) is 19.6. The summed E-state index contributed by atoms with van der Waals surface area (Å²) in [4.78, 5) is 62.9. The molecule has 1 aliphatic rings. The highest BCUT2D eigenvalue weighted by Crippen LogP contribution is 2.25. The molecule has 0 unspecified atom stereocenters. The third-order valence-electron chi connectivity index (χ3n) is 9.88. The van der Waals surface area contributed by atoms with Crippen molar-refractivity contribution in [1.82, 2.24) is 24.6 Å². The molecule has 1 aromatic heterocycles. The number of nitrogens with zero attached hydrogens (tertiary/aromatic N) is 5. The number of rotatable bonds is 19. The molecule has 0 radical (unpaired) electrons. The van der Waals surface area contributed by atoms with Crippen LogP contribution in [0.4, 0.5) is 0 Å². The number of carbonyl (C=O) groups is 4. The van der Waals surface area contributed by atoms with Crippen LogP contribution >= 0.6 is 11.3 Å². The van der Waals surface area contributed by atoms with Gasteiger partial charge in [-0.15, -0.1) is 11.3 Å². The van der Waals surface area contributed by atoms with Gasteiger partial charge in [-0.25, -0.2) is 4.98 Å². The van der Waals surface area contributed by atoms with Gasteiger partial charge >= 0.3 is 5.97 Å². The van der Waals surface area contributed by atoms with Gasteiger partial charge in [-0.3, -0.25) is 19.2 Å². The number of likely N-dealkylation sites (tertiary alicyclic amines) is 1. The molecule has 1 saturated heterocycles. The van der Waals surface area contributed by atoms with Gasteiger partial charge in [0.1, 0.15) is 11.0 Å². The summed E-state index contributed by atoms with van der Waals surface area (Å²) >= 11 is 1.48. The Hall–Kier alpha value is -4.09. The fraction of sp³-hybridized carbons (Fsp3) is 0.537. The summed E-state index contributed by atoms with van der Waals surface area (Å²) in [5.74, 6) is 0.000689. The van der Waals surface area contributed by atoms with Crippen LogP contribution in [0.5, 0.6) is 0 Å². The number of carbonyl (C=O) groups excluding carboxylic acids is 4. The maximum atomic E-state index is 13.0. The monoisotopic (exact) mass is 731 g/mol. The molecule has 2 aromatic carbocycles. The first-order valence-electron chi connectivity index (χ1n) is 18.7. The SMILES string of the molecule is CC(=O)N(C)CCCN(C)C(=O)c1sc(CCCCCCC(=O)N(C)CCN2CCC(OC(=O)Cc3ccccc3-c3ccccc3)CC2)nc1C. The summed E-state index contributed by atoms with van der Waals surface area (Å²) in [6, 6.07) is 18.1. The van der Waals surface area contributed by atoms with Gasteiger partial charge in [-0.05, 0) is 62.1 Å². The Balaban J connectivity index is 1.05. The number of hydrogen-bond acceptors (Lipinski definition) is 8. The number of hydrogen-bond donors (Lipinski definition) is 0. The molecule has 0 saturated carbocycles. The van der Waals surface area contributed by atoms with E-state index in [1.165, 1.54) is 11.3 Å². The molecule has 1 fully saturated rings. The van der Waals surface area contributed by atoms with Crippen LogP contribution in [0.25, 0.3) is 11.1 Å². The summed E-state index contributed by atoms with van der Waals surface area (Å²) in [6.45, 7) is 7.85. The van der Waals surface area contributed by atoms with Gasteiger partial charge in [0.25, 0.3) is 5.91 Å². The Labute approximate surface area is 314 Å². The van der Waals surface area contributed by atoms with Gasteiger partial charge < -0.3 is 24.3 Å². The van der Waals surface area contributed by atoms with E-state index in [1.54, 1.807) is 30.8 Å². The lowest BCUT2D eigenvalue weighted by Gasteiger charge is -2.32. The second kappa shape index (κ2) is 20.8. The average Bonchev–Trinajstić information content (AvgIpc) is 3.52. The Kier molecular flexibility index (Phi) is 16.3. The van der Waals surface area contributed by atoms with Crippen LogP contribution in [-0.2, 0) is 32.0 Å². The van der Waals surface area contributed by atoms with Crippen molar-refractivity contribution in [3.05, 3.63) is 75.7 Å². The van der Waals surface area contributed by atoms with Crippen LogP contribution in [-0.4, -0.2) is 115 Å². The number of benzene rings is 2. The fourth-order valence-corrected chi connectivity index (χ4v) is 7.56. The van der Waals surface area contributed by atoms with Gasteiger partial charge in [0, 0.05) is 73.8 Å². The van der Waals surface area contributed by atoms with Crippen LogP contribution in [0, 0.1) is 6.92 Å². The molecular weight excluding hydrogens is 675 g/mol. The number of esters is 1. The van der Waals surface area contributed by atoms with Crippen LogP contribution in [0.15, 0.2) is 54.6 Å². The van der Waals surface area contributed by atoms with Gasteiger partial charge in [-0.2, -0.15) is 0 Å². The standard InChI is InChI=1S/C41H57N5O5S/c1-31-40(41(50)45(5)25-15-24-43(3)32(2)47)52-37(42-31)20-11-6-7-12-21-38(48)44(4)28-29-46-26-22-35(23-27-46)51-39(49)30-34-18-13-14-19-36(34)33-16-9-8-10-17-33/h8-10,13-14,16-19,35H,6-7,11-12,15,20-30H2,1-5H3. The number of aryl methyl sites for hydroxylation is 2. The number of unbranched alkanes of at least 4 members (excludes halogenated alkanes) is 3. The summed E-state index contributed by atoms with van der Waals surface area (Å²) in [5.41, 5.74) is 3.91. The number of thiazole rings is 1. The van der Waals surface area contributed by atoms with Crippen molar-refractivity contribution in [2.24, 2.45) is 0 Å². The Morgan fingerprint density at radius 3 is 2.23 bits per heavy atom. The van der Waals surface area contributed by atoms with Crippen LogP contribution < -0.4 is 0 Å². The molecule has 3 amide bonds. The molecule has 4 rings (SSSR count). The molecule has 52 heavy (non-hydrogen) atoms. The summed E-state index contributed by atoms with van der Waals surface area (Å²) < 4.78 is 5.89. The highest BCUT2D eigenvalue weighted by Gasteiger charge is 2.24. The van der Waals surface area contributed by atoms with E-state index in [1.807, 2.05) is 55.3 Å². The molecule has 0 N–H and O–H groups in total. The maximum absolute atomic E-state index is 13.0. The van der Waals surface area contributed by atoms with E-state index in [0.717, 1.165) is 98.4 Å². The van der Waals surface area contributed by atoms with Crippen molar-refractivity contribution in [2.75, 3.05) is 60.4 Å². The smallest absolute Gasteiger partial charge is 0.310 e. The van der Waals surface area contributed by atoms with E-state index in [4.69, 9.17) is 4.74 Å². The molecule has 0 atom stereocenters. The van der Waals surface area contributed by atoms with Gasteiger partial charge in [0.05, 0.1) is 17.1 Å². The van der Waals surface area contributed by atoms with Crippen molar-refractivity contribution in [3.8, 4) is 11.1 Å². The largest absolute Gasteiger partial charge is 0.462 e. The van der Waals surface area contributed by atoms with E-state index in [9.17, 15) is 19.2 Å². The minimum absolute atomic E-state index is 0.0168. The fourth-order valence-electron chi connectivity index (χ4n) is 6.46. The topological polar surface area (TPSA) is 103 Å². The third-order valence-corrected chi connectivity index (χ3v) is 11.1. The predicted molar refractivity (Wildman–Crippen MR) is 207 cm³/mol. The summed E-state index contributed by atoms with van der Waals surface area (Å²) in [5, 5.41) is 0.980. The zero-order valence-electron chi connectivity index (χ0n) is 31.8. The molecular formula is C41H57N5O5S. The minimum Gasteiger partial charge on any atom is -0.462 e. The van der Waals surface area contributed by atoms with Crippen molar-refractivity contribution >= 4 is 35.0 Å². The Bertz CT molecular complexity index is 1600. The molecule has 10 nitrogen and oxygen atoms in total. The molecule has 0 spiro atoms. The second-order valence-electron chi connectivity index (χ2n) is 14.0. The van der Waals surface area contributed by atoms with Crippen molar-refractivity contribution in [1.29, 1.82) is 0 Å². The van der Waals surface area contributed by atoms with Crippen molar-refractivity contribution < 1.29 is 23.9 Å². The molecule has 282 valence electrons. The van der Waals surface area contributed by atoms with Crippen molar-refractivity contribution in [3.63, 3.8) is 0 Å². The van der Waals surface area contributed by atoms with Gasteiger partial charge in [-0.1, -0.05) is 67.4 Å². The predicted octanol–water partition coefficient (Wildman–Crippen LogP) is 6.26. The molecule has 3 aromatic rings. The third kappa shape index (κ3) is 12.8. The molecule has 0 bridgehead atoms. The van der Waals surface area contributed by atoms with E-state index >= 15 is 0 Å². The lowest BCUT2D eigenvalue weighted by Crippen LogP contribution is -2.42. The lowest BCUT2D eigenvalue weighted by atomic mass is 9.98. The highest BCUT2D eigenvalue weighted by molar-refractivity contribution is 7.13. The quantitative estimate of drug-likeness (QED) is 0.106. The van der Waals surface area contributed by atoms with Crippen molar-refractivity contribution in [2.45, 2.75) is 84.2 Å². The Morgan fingerprint density at radius 2 is 1.50 bits per heavy atom. The zero-order chi connectivity index (χ0) is 37.5. The van der Waals surface area contributed by atoms with E-state index in [2.05, 4.69) is 28.1 Å². The van der Waals surface area contributed by atoms with Crippen LogP contribution in [0.1, 0.15) is 84.2 Å². The number of amides is 3. The minimum atomic E-state index is -0.182. The van der Waals surface area contributed by atoms with E-state index < -0.39 is 0 Å². The number of aromatic nitrogens is 1. The number of likely N-dealkylation sites (N-methyl/N-ethyl adjacent to an activating group) is 1. The van der Waals surface area contributed by atoms with Gasteiger partial charge in [0.15, 0.2) is 0 Å². The van der Waals surface area contributed by atoms with E-state index in [-0.39, 0.29) is 36.2 Å². The van der Waals surface area contributed by atoms with Crippen LogP contribution in [0.2, 0.25) is 0 Å². The molecule has 0 aliphatic carbocycles. The molecule has 2 heterocycles. The number of piperidine rings is 1. The number of ether oxygens (including phenoxy) is 1. The second-order valence-corrected chi connectivity index (χ2v) is 15.1. The molecule has 1 aliphatic heterocycles. The lowest BCUT2D eigenvalue weighted by molar-refractivity contribution is -0.150. The first kappa shape index (κ1) is 40.7. The average molecular weight is 732 g/mol.